The molecule has 0 aliphatic carbocycles. The zero-order valence-electron chi connectivity index (χ0n) is 12.4. The summed E-state index contributed by atoms with van der Waals surface area (Å²) in [4.78, 5) is 13.2. The van der Waals surface area contributed by atoms with Gasteiger partial charge in [0.15, 0.2) is 0 Å². The van der Waals surface area contributed by atoms with E-state index in [1.807, 2.05) is 25.8 Å². The Morgan fingerprint density at radius 3 is 2.26 bits per heavy atom. The fourth-order valence-electron chi connectivity index (χ4n) is 2.18. The normalized spacial score (nSPS) is 12.5. The Balaban J connectivity index is 2.71. The molecule has 0 amide bonds. The number of nitrogens with zero attached hydrogens (tertiary/aromatic N) is 1. The van der Waals surface area contributed by atoms with Crippen molar-refractivity contribution in [2.45, 2.75) is 33.6 Å². The Hall–Kier alpha value is -1.51. The van der Waals surface area contributed by atoms with E-state index in [1.54, 1.807) is 0 Å². The van der Waals surface area contributed by atoms with Crippen molar-refractivity contribution in [3.63, 3.8) is 0 Å². The molecule has 0 aliphatic rings. The average molecular weight is 263 g/mol. The quantitative estimate of drug-likeness (QED) is 0.819. The summed E-state index contributed by atoms with van der Waals surface area (Å²) in [5, 5.41) is 9.23. The fraction of sp³-hybridized carbons (Fsp3) is 0.562. The lowest BCUT2D eigenvalue weighted by Crippen LogP contribution is -2.33. The molecule has 1 N–H and O–H groups in total. The summed E-state index contributed by atoms with van der Waals surface area (Å²) < 4.78 is 0. The number of rotatable bonds is 7. The van der Waals surface area contributed by atoms with Crippen LogP contribution < -0.4 is 4.90 Å². The zero-order chi connectivity index (χ0) is 14.4. The first kappa shape index (κ1) is 15.5. The van der Waals surface area contributed by atoms with E-state index in [1.165, 1.54) is 5.56 Å². The number of hydrogen-bond acceptors (Lipinski definition) is 2. The molecule has 1 unspecified atom stereocenters. The van der Waals surface area contributed by atoms with Crippen LogP contribution in [0.15, 0.2) is 24.3 Å². The Bertz CT molecular complexity index is 398. The van der Waals surface area contributed by atoms with Gasteiger partial charge < -0.3 is 10.0 Å². The highest BCUT2D eigenvalue weighted by atomic mass is 16.4. The van der Waals surface area contributed by atoms with Crippen LogP contribution in [0.2, 0.25) is 0 Å². The van der Waals surface area contributed by atoms with E-state index in [4.69, 9.17) is 0 Å². The maximum absolute atomic E-state index is 11.2. The predicted octanol–water partition coefficient (Wildman–Crippen LogP) is 3.43. The number of anilines is 1. The van der Waals surface area contributed by atoms with Crippen molar-refractivity contribution < 1.29 is 9.90 Å². The van der Waals surface area contributed by atoms with Crippen molar-refractivity contribution in [1.29, 1.82) is 0 Å². The zero-order valence-corrected chi connectivity index (χ0v) is 12.4. The first-order valence-electron chi connectivity index (χ1n) is 6.98. The molecule has 0 fully saturated rings. The van der Waals surface area contributed by atoms with Crippen molar-refractivity contribution in [3.05, 3.63) is 29.8 Å². The van der Waals surface area contributed by atoms with Crippen LogP contribution in [0.5, 0.6) is 0 Å². The molecular weight excluding hydrogens is 238 g/mol. The second-order valence-corrected chi connectivity index (χ2v) is 5.49. The highest BCUT2D eigenvalue weighted by Crippen LogP contribution is 2.19. The van der Waals surface area contributed by atoms with Crippen molar-refractivity contribution >= 4 is 11.7 Å². The summed E-state index contributed by atoms with van der Waals surface area (Å²) in [5.74, 6) is -0.913. The number of carboxylic acid groups (broad SMARTS) is 1. The van der Waals surface area contributed by atoms with E-state index in [0.29, 0.717) is 6.54 Å². The highest BCUT2D eigenvalue weighted by Gasteiger charge is 2.23. The molecule has 0 saturated heterocycles. The summed E-state index contributed by atoms with van der Waals surface area (Å²) in [6.45, 7) is 6.62. The first-order chi connectivity index (χ1) is 8.95. The number of aliphatic carboxylic acids is 1. The second kappa shape index (κ2) is 7.17. The van der Waals surface area contributed by atoms with Crippen LogP contribution in [0.1, 0.15) is 32.8 Å². The van der Waals surface area contributed by atoms with Gasteiger partial charge in [0.1, 0.15) is 0 Å². The van der Waals surface area contributed by atoms with Gasteiger partial charge in [0.05, 0.1) is 5.92 Å². The van der Waals surface area contributed by atoms with Crippen molar-refractivity contribution in [2.75, 3.05) is 18.5 Å². The van der Waals surface area contributed by atoms with Crippen molar-refractivity contribution in [3.8, 4) is 0 Å². The molecule has 0 heterocycles. The summed E-state index contributed by atoms with van der Waals surface area (Å²) in [6, 6.07) is 8.40. The summed E-state index contributed by atoms with van der Waals surface area (Å²) in [5.41, 5.74) is 2.41. The lowest BCUT2D eigenvalue weighted by atomic mass is 9.95. The topological polar surface area (TPSA) is 40.5 Å². The molecule has 1 atom stereocenters. The van der Waals surface area contributed by atoms with Crippen LogP contribution in [0.25, 0.3) is 0 Å². The Kier molecular flexibility index (Phi) is 5.87. The van der Waals surface area contributed by atoms with Crippen LogP contribution in [0, 0.1) is 11.8 Å². The standard InChI is InChI=1S/C16H25NO2/c1-5-6-13-7-9-14(10-8-13)17(4)11-15(12(2)3)16(18)19/h7-10,12,15H,5-6,11H2,1-4H3,(H,18,19). The van der Waals surface area contributed by atoms with E-state index in [0.717, 1.165) is 18.5 Å². The lowest BCUT2D eigenvalue weighted by molar-refractivity contribution is -0.142. The molecule has 1 rings (SSSR count). The van der Waals surface area contributed by atoms with E-state index in [9.17, 15) is 9.90 Å². The Morgan fingerprint density at radius 2 is 1.84 bits per heavy atom. The third kappa shape index (κ3) is 4.58. The minimum Gasteiger partial charge on any atom is -0.481 e. The first-order valence-corrected chi connectivity index (χ1v) is 6.98. The molecule has 0 spiro atoms. The smallest absolute Gasteiger partial charge is 0.308 e. The SMILES string of the molecule is CCCc1ccc(N(C)CC(C(=O)O)C(C)C)cc1. The van der Waals surface area contributed by atoms with Crippen molar-refractivity contribution in [2.24, 2.45) is 11.8 Å². The van der Waals surface area contributed by atoms with Gasteiger partial charge in [-0.3, -0.25) is 4.79 Å². The van der Waals surface area contributed by atoms with Gasteiger partial charge in [-0.2, -0.15) is 0 Å². The van der Waals surface area contributed by atoms with Crippen LogP contribution in [-0.2, 0) is 11.2 Å². The van der Waals surface area contributed by atoms with Gasteiger partial charge in [-0.05, 0) is 30.0 Å². The van der Waals surface area contributed by atoms with E-state index in [-0.39, 0.29) is 11.8 Å². The molecule has 1 aromatic rings. The number of hydrogen-bond donors (Lipinski definition) is 1. The summed E-state index contributed by atoms with van der Waals surface area (Å²) in [7, 11) is 1.95. The molecule has 19 heavy (non-hydrogen) atoms. The van der Waals surface area contributed by atoms with E-state index < -0.39 is 5.97 Å². The van der Waals surface area contributed by atoms with E-state index in [2.05, 4.69) is 31.2 Å². The molecule has 0 radical (unpaired) electrons. The molecule has 0 bridgehead atoms. The van der Waals surface area contributed by atoms with Gasteiger partial charge in [-0.1, -0.05) is 39.3 Å². The molecule has 3 nitrogen and oxygen atoms in total. The summed E-state index contributed by atoms with van der Waals surface area (Å²) in [6.07, 6.45) is 2.23. The largest absolute Gasteiger partial charge is 0.481 e. The predicted molar refractivity (Wildman–Crippen MR) is 79.7 cm³/mol. The van der Waals surface area contributed by atoms with Gasteiger partial charge in [-0.25, -0.2) is 0 Å². The van der Waals surface area contributed by atoms with Crippen molar-refractivity contribution in [1.82, 2.24) is 0 Å². The van der Waals surface area contributed by atoms with Crippen LogP contribution in [0.4, 0.5) is 5.69 Å². The van der Waals surface area contributed by atoms with Gasteiger partial charge >= 0.3 is 5.97 Å². The minimum atomic E-state index is -0.718. The van der Waals surface area contributed by atoms with Gasteiger partial charge in [-0.15, -0.1) is 0 Å². The lowest BCUT2D eigenvalue weighted by Gasteiger charge is -2.25. The Labute approximate surface area is 116 Å². The van der Waals surface area contributed by atoms with E-state index >= 15 is 0 Å². The monoisotopic (exact) mass is 263 g/mol. The molecule has 1 aromatic carbocycles. The molecule has 0 saturated carbocycles. The second-order valence-electron chi connectivity index (χ2n) is 5.49. The number of benzene rings is 1. The molecule has 0 aliphatic heterocycles. The maximum atomic E-state index is 11.2. The number of aryl methyl sites for hydroxylation is 1. The van der Waals surface area contributed by atoms with Crippen LogP contribution >= 0.6 is 0 Å². The molecule has 0 aromatic heterocycles. The Morgan fingerprint density at radius 1 is 1.26 bits per heavy atom. The number of carboxylic acids is 1. The highest BCUT2D eigenvalue weighted by molar-refractivity contribution is 5.71. The maximum Gasteiger partial charge on any atom is 0.308 e. The van der Waals surface area contributed by atoms with Gasteiger partial charge in [0.25, 0.3) is 0 Å². The fourth-order valence-corrected chi connectivity index (χ4v) is 2.18. The molecular formula is C16H25NO2. The third-order valence-electron chi connectivity index (χ3n) is 3.51. The average Bonchev–Trinajstić information content (AvgIpc) is 2.36. The van der Waals surface area contributed by atoms with Gasteiger partial charge in [0.2, 0.25) is 0 Å². The number of carbonyl (C=O) groups is 1. The van der Waals surface area contributed by atoms with Crippen LogP contribution in [-0.4, -0.2) is 24.7 Å². The van der Waals surface area contributed by atoms with Gasteiger partial charge in [0, 0.05) is 19.3 Å². The third-order valence-corrected chi connectivity index (χ3v) is 3.51. The molecule has 106 valence electrons. The van der Waals surface area contributed by atoms with Crippen LogP contribution in [0.3, 0.4) is 0 Å². The molecule has 3 heteroatoms. The minimum absolute atomic E-state index is 0.138. The summed E-state index contributed by atoms with van der Waals surface area (Å²) >= 11 is 0.